The van der Waals surface area contributed by atoms with Gasteiger partial charge in [0.05, 0.1) is 6.04 Å². The van der Waals surface area contributed by atoms with Crippen LogP contribution in [0.25, 0.3) is 0 Å². The topological polar surface area (TPSA) is 99.1 Å². The molecule has 0 bridgehead atoms. The lowest BCUT2D eigenvalue weighted by atomic mass is 10.2. The van der Waals surface area contributed by atoms with Crippen LogP contribution in [0.4, 0.5) is 0 Å². The Kier molecular flexibility index (Phi) is 4.03. The molecule has 0 spiro atoms. The van der Waals surface area contributed by atoms with E-state index in [1.54, 1.807) is 0 Å². The average molecular weight is 247 g/mol. The van der Waals surface area contributed by atoms with Crippen LogP contribution in [-0.2, 0) is 9.84 Å². The van der Waals surface area contributed by atoms with E-state index in [1.165, 1.54) is 6.92 Å². The van der Waals surface area contributed by atoms with Gasteiger partial charge in [0.15, 0.2) is 15.7 Å². The Morgan fingerprint density at radius 3 is 2.62 bits per heavy atom. The number of hydrogen-bond donors (Lipinski definition) is 1. The second-order valence-corrected chi connectivity index (χ2v) is 6.22. The maximum Gasteiger partial charge on any atom is 0.244 e. The highest BCUT2D eigenvalue weighted by molar-refractivity contribution is 7.90. The predicted octanol–water partition coefficient (Wildman–Crippen LogP) is 0.975. The highest BCUT2D eigenvalue weighted by Gasteiger charge is 2.24. The lowest BCUT2D eigenvalue weighted by Crippen LogP contribution is -2.12. The minimum atomic E-state index is -3.22. The summed E-state index contributed by atoms with van der Waals surface area (Å²) in [6, 6.07) is -0.297. The van der Waals surface area contributed by atoms with Crippen LogP contribution in [0.2, 0.25) is 0 Å². The minimum absolute atomic E-state index is 0.101. The van der Waals surface area contributed by atoms with Crippen LogP contribution in [0.1, 0.15) is 49.7 Å². The van der Waals surface area contributed by atoms with Crippen molar-refractivity contribution in [1.82, 2.24) is 10.1 Å². The van der Waals surface area contributed by atoms with Gasteiger partial charge in [-0.25, -0.2) is 8.42 Å². The molecule has 16 heavy (non-hydrogen) atoms. The van der Waals surface area contributed by atoms with Crippen molar-refractivity contribution >= 4 is 9.84 Å². The number of aromatic nitrogens is 2. The number of nitrogens with two attached hydrogens (primary N) is 1. The molecule has 2 N–H and O–H groups in total. The van der Waals surface area contributed by atoms with Gasteiger partial charge in [0, 0.05) is 6.26 Å². The Bertz CT molecular complexity index is 441. The summed E-state index contributed by atoms with van der Waals surface area (Å²) in [6.07, 6.45) is 2.78. The third-order valence-corrected chi connectivity index (χ3v) is 3.86. The molecular weight excluding hydrogens is 230 g/mol. The van der Waals surface area contributed by atoms with Crippen LogP contribution < -0.4 is 5.73 Å². The van der Waals surface area contributed by atoms with Crippen LogP contribution in [0.5, 0.6) is 0 Å². The highest BCUT2D eigenvalue weighted by Crippen LogP contribution is 2.21. The van der Waals surface area contributed by atoms with Crippen LogP contribution in [0.15, 0.2) is 4.52 Å². The molecule has 7 heteroatoms. The van der Waals surface area contributed by atoms with Crippen LogP contribution >= 0.6 is 0 Å². The molecule has 0 saturated carbocycles. The molecule has 1 heterocycles. The first-order valence-electron chi connectivity index (χ1n) is 5.14. The average Bonchev–Trinajstić information content (AvgIpc) is 2.64. The molecule has 1 aromatic rings. The SMILES string of the molecule is CCCC(N)c1noc(C(C)S(C)(=O)=O)n1. The molecule has 0 aliphatic carbocycles. The van der Waals surface area contributed by atoms with Gasteiger partial charge in [0.2, 0.25) is 5.89 Å². The summed E-state index contributed by atoms with van der Waals surface area (Å²) in [5, 5.41) is 2.90. The quantitative estimate of drug-likeness (QED) is 0.832. The smallest absolute Gasteiger partial charge is 0.244 e. The van der Waals surface area contributed by atoms with E-state index in [9.17, 15) is 8.42 Å². The first kappa shape index (κ1) is 13.1. The van der Waals surface area contributed by atoms with Gasteiger partial charge >= 0.3 is 0 Å². The molecule has 1 rings (SSSR count). The lowest BCUT2D eigenvalue weighted by Gasteiger charge is -2.03. The fourth-order valence-electron chi connectivity index (χ4n) is 1.19. The van der Waals surface area contributed by atoms with Gasteiger partial charge in [0.25, 0.3) is 0 Å². The molecule has 0 fully saturated rings. The van der Waals surface area contributed by atoms with Crippen molar-refractivity contribution in [2.24, 2.45) is 5.73 Å². The molecule has 2 unspecified atom stereocenters. The first-order valence-corrected chi connectivity index (χ1v) is 7.09. The van der Waals surface area contributed by atoms with E-state index in [2.05, 4.69) is 10.1 Å². The summed E-state index contributed by atoms with van der Waals surface area (Å²) in [4.78, 5) is 4.01. The van der Waals surface area contributed by atoms with Gasteiger partial charge < -0.3 is 10.3 Å². The predicted molar refractivity (Wildman–Crippen MR) is 59.4 cm³/mol. The largest absolute Gasteiger partial charge is 0.338 e. The maximum absolute atomic E-state index is 11.3. The van der Waals surface area contributed by atoms with Crippen molar-refractivity contribution in [2.45, 2.75) is 38.0 Å². The summed E-state index contributed by atoms with van der Waals surface area (Å²) < 4.78 is 27.5. The van der Waals surface area contributed by atoms with Crippen molar-refractivity contribution in [2.75, 3.05) is 6.26 Å². The van der Waals surface area contributed by atoms with Gasteiger partial charge in [-0.05, 0) is 13.3 Å². The Hall–Kier alpha value is -0.950. The van der Waals surface area contributed by atoms with Crippen molar-refractivity contribution in [1.29, 1.82) is 0 Å². The summed E-state index contributed by atoms with van der Waals surface area (Å²) in [6.45, 7) is 3.51. The monoisotopic (exact) mass is 247 g/mol. The number of sulfone groups is 1. The van der Waals surface area contributed by atoms with Crippen molar-refractivity contribution in [3.8, 4) is 0 Å². The van der Waals surface area contributed by atoms with Crippen molar-refractivity contribution in [3.05, 3.63) is 11.7 Å². The Morgan fingerprint density at radius 1 is 1.50 bits per heavy atom. The molecule has 1 aromatic heterocycles. The van der Waals surface area contributed by atoms with Crippen LogP contribution in [-0.4, -0.2) is 24.8 Å². The Balaban J connectivity index is 2.87. The van der Waals surface area contributed by atoms with Gasteiger partial charge in [-0.2, -0.15) is 4.98 Å². The van der Waals surface area contributed by atoms with E-state index < -0.39 is 15.1 Å². The van der Waals surface area contributed by atoms with E-state index >= 15 is 0 Å². The zero-order valence-corrected chi connectivity index (χ0v) is 10.5. The van der Waals surface area contributed by atoms with Crippen molar-refractivity contribution in [3.63, 3.8) is 0 Å². The van der Waals surface area contributed by atoms with Crippen molar-refractivity contribution < 1.29 is 12.9 Å². The number of hydrogen-bond acceptors (Lipinski definition) is 6. The second-order valence-electron chi connectivity index (χ2n) is 3.86. The minimum Gasteiger partial charge on any atom is -0.338 e. The molecule has 2 atom stereocenters. The molecule has 0 amide bonds. The Morgan fingerprint density at radius 2 is 2.12 bits per heavy atom. The zero-order valence-electron chi connectivity index (χ0n) is 9.67. The van der Waals surface area contributed by atoms with E-state index in [0.717, 1.165) is 19.1 Å². The summed E-state index contributed by atoms with van der Waals surface area (Å²) in [5.74, 6) is 0.469. The third kappa shape index (κ3) is 3.02. The van der Waals surface area contributed by atoms with Gasteiger partial charge in [-0.15, -0.1) is 0 Å². The van der Waals surface area contributed by atoms with Gasteiger partial charge in [0.1, 0.15) is 5.25 Å². The highest BCUT2D eigenvalue weighted by atomic mass is 32.2. The fourth-order valence-corrected chi connectivity index (χ4v) is 1.65. The van der Waals surface area contributed by atoms with E-state index in [0.29, 0.717) is 5.82 Å². The van der Waals surface area contributed by atoms with Gasteiger partial charge in [-0.1, -0.05) is 18.5 Å². The first-order chi connectivity index (χ1) is 7.36. The van der Waals surface area contributed by atoms with E-state index in [-0.39, 0.29) is 11.9 Å². The molecule has 92 valence electrons. The van der Waals surface area contributed by atoms with E-state index in [1.807, 2.05) is 6.92 Å². The van der Waals surface area contributed by atoms with Crippen LogP contribution in [0.3, 0.4) is 0 Å². The van der Waals surface area contributed by atoms with Gasteiger partial charge in [-0.3, -0.25) is 0 Å². The Labute approximate surface area is 95.1 Å². The molecular formula is C9H17N3O3S. The third-order valence-electron chi connectivity index (χ3n) is 2.38. The molecule has 0 radical (unpaired) electrons. The summed E-state index contributed by atoms with van der Waals surface area (Å²) in [7, 11) is -3.22. The molecule has 0 saturated heterocycles. The van der Waals surface area contributed by atoms with E-state index in [4.69, 9.17) is 10.3 Å². The number of nitrogens with zero attached hydrogens (tertiary/aromatic N) is 2. The molecule has 0 aliphatic rings. The van der Waals surface area contributed by atoms with Crippen LogP contribution in [0, 0.1) is 0 Å². The standard InChI is InChI=1S/C9H17N3O3S/c1-4-5-7(10)8-11-9(15-12-8)6(2)16(3,13)14/h6-7H,4-5,10H2,1-3H3. The normalized spacial score (nSPS) is 16.0. The molecule has 0 aromatic carbocycles. The summed E-state index contributed by atoms with van der Waals surface area (Å²) >= 11 is 0. The zero-order chi connectivity index (χ0) is 12.3. The molecule has 0 aliphatic heterocycles. The maximum atomic E-state index is 11.3. The number of rotatable bonds is 5. The summed E-state index contributed by atoms with van der Waals surface area (Å²) in [5.41, 5.74) is 5.79. The fraction of sp³-hybridized carbons (Fsp3) is 0.778. The lowest BCUT2D eigenvalue weighted by molar-refractivity contribution is 0.367. The molecule has 6 nitrogen and oxygen atoms in total. The second kappa shape index (κ2) is 4.92.